The van der Waals surface area contributed by atoms with Crippen molar-refractivity contribution in [2.24, 2.45) is 0 Å². The number of ether oxygens (including phenoxy) is 2. The van der Waals surface area contributed by atoms with Gasteiger partial charge in [0, 0.05) is 5.57 Å². The predicted octanol–water partition coefficient (Wildman–Crippen LogP) is -1.41. The molecule has 0 unspecified atom stereocenters. The first-order valence-corrected chi connectivity index (χ1v) is 5.86. The van der Waals surface area contributed by atoms with Crippen LogP contribution in [-0.2, 0) is 23.4 Å². The first-order chi connectivity index (χ1) is 7.33. The van der Waals surface area contributed by atoms with E-state index in [1.165, 1.54) is 6.92 Å². The molecule has 7 nitrogen and oxygen atoms in total. The minimum absolute atomic E-state index is 0. The van der Waals surface area contributed by atoms with Crippen LogP contribution in [-0.4, -0.2) is 70.1 Å². The maximum absolute atomic E-state index is 10.8. The van der Waals surface area contributed by atoms with E-state index in [2.05, 4.69) is 15.8 Å². The normalized spacial score (nSPS) is 10.5. The van der Waals surface area contributed by atoms with Gasteiger partial charge in [-0.25, -0.2) is 4.79 Å². The number of phosphoric ester groups is 1. The Kier molecular flexibility index (Phi) is 12.2. The molecule has 9 heteroatoms. The van der Waals surface area contributed by atoms with Crippen molar-refractivity contribution < 1.29 is 33.1 Å². The molecule has 0 aliphatic heterocycles. The van der Waals surface area contributed by atoms with Crippen LogP contribution in [0, 0.1) is 0 Å². The van der Waals surface area contributed by atoms with Crippen LogP contribution in [0.1, 0.15) is 6.92 Å². The van der Waals surface area contributed by atoms with Crippen LogP contribution in [0.3, 0.4) is 0 Å². The van der Waals surface area contributed by atoms with E-state index in [4.69, 9.17) is 4.74 Å². The third kappa shape index (κ3) is 14.5. The Hall–Kier alpha value is 0.540. The molecule has 0 atom stereocenters. The first-order valence-electron chi connectivity index (χ1n) is 4.40. The molecule has 0 aliphatic carbocycles. The van der Waals surface area contributed by atoms with Crippen molar-refractivity contribution in [3.8, 4) is 0 Å². The Bertz CT molecular complexity index is 288. The minimum atomic E-state index is -4.93. The van der Waals surface area contributed by atoms with Gasteiger partial charge < -0.3 is 28.3 Å². The van der Waals surface area contributed by atoms with Crippen molar-refractivity contribution in [2.75, 3.05) is 26.4 Å². The summed E-state index contributed by atoms with van der Waals surface area (Å²) in [5.74, 6) is -0.525. The summed E-state index contributed by atoms with van der Waals surface area (Å²) < 4.78 is 23.4. The van der Waals surface area contributed by atoms with Crippen molar-refractivity contribution in [1.29, 1.82) is 0 Å². The van der Waals surface area contributed by atoms with Crippen LogP contribution in [0.4, 0.5) is 0 Å². The van der Waals surface area contributed by atoms with Gasteiger partial charge in [-0.2, -0.15) is 0 Å². The minimum Gasteiger partial charge on any atom is -0.790 e. The Morgan fingerprint density at radius 1 is 1.24 bits per heavy atom. The van der Waals surface area contributed by atoms with Gasteiger partial charge in [0.25, 0.3) is 0 Å². The Balaban J connectivity index is 0. The van der Waals surface area contributed by atoms with E-state index >= 15 is 0 Å². The molecule has 94 valence electrons. The van der Waals surface area contributed by atoms with E-state index in [1.54, 1.807) is 0 Å². The van der Waals surface area contributed by atoms with E-state index in [-0.39, 0.29) is 69.7 Å². The van der Waals surface area contributed by atoms with Crippen LogP contribution >= 0.6 is 7.82 Å². The van der Waals surface area contributed by atoms with Crippen LogP contribution in [0.15, 0.2) is 12.2 Å². The molecule has 0 rings (SSSR count). The summed E-state index contributed by atoms with van der Waals surface area (Å²) in [6, 6.07) is 0. The van der Waals surface area contributed by atoms with Gasteiger partial charge >= 0.3 is 43.7 Å². The summed E-state index contributed by atoms with van der Waals surface area (Å²) in [5.41, 5.74) is 0.280. The largest absolute Gasteiger partial charge is 2.00 e. The number of carbonyl (C=O) groups excluding carboxylic acids is 1. The van der Waals surface area contributed by atoms with E-state index in [0.29, 0.717) is 0 Å². The molecule has 17 heavy (non-hydrogen) atoms. The molecule has 0 aliphatic rings. The number of esters is 1. The fraction of sp³-hybridized carbons (Fsp3) is 0.625. The average Bonchev–Trinajstić information content (AvgIpc) is 2.14. The van der Waals surface area contributed by atoms with Gasteiger partial charge in [0.05, 0.1) is 27.6 Å². The number of rotatable bonds is 8. The third-order valence-corrected chi connectivity index (χ3v) is 1.79. The third-order valence-electron chi connectivity index (χ3n) is 1.29. The zero-order chi connectivity index (χ0) is 12.6. The van der Waals surface area contributed by atoms with Crippen LogP contribution in [0.5, 0.6) is 0 Å². The Labute approximate surface area is 129 Å². The molecular formula is C8H13CaO7P. The van der Waals surface area contributed by atoms with Crippen molar-refractivity contribution in [3.05, 3.63) is 12.2 Å². The van der Waals surface area contributed by atoms with E-state index in [1.807, 2.05) is 0 Å². The van der Waals surface area contributed by atoms with Crippen molar-refractivity contribution in [1.82, 2.24) is 0 Å². The molecule has 0 saturated heterocycles. The number of carbonyl (C=O) groups is 1. The zero-order valence-corrected chi connectivity index (χ0v) is 12.7. The molecule has 0 N–H and O–H groups in total. The van der Waals surface area contributed by atoms with Gasteiger partial charge in [0.2, 0.25) is 0 Å². The van der Waals surface area contributed by atoms with Gasteiger partial charge in [-0.1, -0.05) is 6.58 Å². The van der Waals surface area contributed by atoms with E-state index in [0.717, 1.165) is 0 Å². The molecule has 0 spiro atoms. The van der Waals surface area contributed by atoms with Gasteiger partial charge in [-0.3, -0.25) is 0 Å². The summed E-state index contributed by atoms with van der Waals surface area (Å²) >= 11 is 0. The average molecular weight is 292 g/mol. The fourth-order valence-corrected chi connectivity index (χ4v) is 0.925. The molecule has 0 heterocycles. The zero-order valence-electron chi connectivity index (χ0n) is 9.55. The molecule has 0 aromatic rings. The number of hydrogen-bond acceptors (Lipinski definition) is 7. The standard InChI is InChI=1S/C8H15O7P.Ca/c1-7(2)8(9)14-5-3-13-4-6-15-16(10,11)12;/h1,3-6H2,2H3,(H2,10,11,12);/q;+2/p-2. The summed E-state index contributed by atoms with van der Waals surface area (Å²) in [5, 5.41) is 0. The van der Waals surface area contributed by atoms with Crippen LogP contribution < -0.4 is 9.79 Å². The van der Waals surface area contributed by atoms with E-state index in [9.17, 15) is 19.1 Å². The maximum atomic E-state index is 10.8. The van der Waals surface area contributed by atoms with Gasteiger partial charge in [0.15, 0.2) is 0 Å². The summed E-state index contributed by atoms with van der Waals surface area (Å²) in [4.78, 5) is 30.8. The van der Waals surface area contributed by atoms with Crippen molar-refractivity contribution in [2.45, 2.75) is 6.92 Å². The second-order valence-corrected chi connectivity index (χ2v) is 3.96. The molecule has 0 radical (unpaired) electrons. The van der Waals surface area contributed by atoms with Gasteiger partial charge in [-0.15, -0.1) is 0 Å². The number of hydrogen-bond donors (Lipinski definition) is 0. The van der Waals surface area contributed by atoms with Crippen LogP contribution in [0.2, 0.25) is 0 Å². The second kappa shape index (κ2) is 10.5. The van der Waals surface area contributed by atoms with Crippen molar-refractivity contribution >= 4 is 51.5 Å². The summed E-state index contributed by atoms with van der Waals surface area (Å²) in [6.45, 7) is 4.58. The van der Waals surface area contributed by atoms with Gasteiger partial charge in [0.1, 0.15) is 6.61 Å². The Morgan fingerprint density at radius 3 is 2.24 bits per heavy atom. The molecular weight excluding hydrogens is 279 g/mol. The van der Waals surface area contributed by atoms with Crippen LogP contribution in [0.25, 0.3) is 0 Å². The molecule has 0 aromatic carbocycles. The summed E-state index contributed by atoms with van der Waals surface area (Å²) in [6.07, 6.45) is 0. The predicted molar refractivity (Wildman–Crippen MR) is 55.9 cm³/mol. The molecule has 0 amide bonds. The maximum Gasteiger partial charge on any atom is 2.00 e. The molecule has 0 bridgehead atoms. The fourth-order valence-electron chi connectivity index (χ4n) is 0.627. The monoisotopic (exact) mass is 292 g/mol. The van der Waals surface area contributed by atoms with Gasteiger partial charge in [-0.05, 0) is 6.92 Å². The quantitative estimate of drug-likeness (QED) is 0.178. The smallest absolute Gasteiger partial charge is 0.790 e. The summed E-state index contributed by atoms with van der Waals surface area (Å²) in [7, 11) is -4.93. The second-order valence-electron chi connectivity index (χ2n) is 2.81. The first kappa shape index (κ1) is 19.9. The Morgan fingerprint density at radius 2 is 1.76 bits per heavy atom. The van der Waals surface area contributed by atoms with Crippen molar-refractivity contribution in [3.63, 3.8) is 0 Å². The molecule has 0 saturated carbocycles. The van der Waals surface area contributed by atoms with E-state index < -0.39 is 13.8 Å². The number of phosphoric acid groups is 1. The molecule has 0 fully saturated rings. The SMILES string of the molecule is C=C(C)C(=O)OCCOCCOP(=O)([O-])[O-].[Ca+2]. The topological polar surface area (TPSA) is 108 Å². The molecule has 0 aromatic heterocycles.